The van der Waals surface area contributed by atoms with Gasteiger partial charge < -0.3 is 15.3 Å². The summed E-state index contributed by atoms with van der Waals surface area (Å²) in [5.41, 5.74) is 0.292. The zero-order valence-electron chi connectivity index (χ0n) is 6.40. The fourth-order valence-electron chi connectivity index (χ4n) is 0.675. The Morgan fingerprint density at radius 3 is 1.92 bits per heavy atom. The van der Waals surface area contributed by atoms with E-state index in [0.29, 0.717) is 5.56 Å². The van der Waals surface area contributed by atoms with Gasteiger partial charge in [0.1, 0.15) is 5.75 Å². The summed E-state index contributed by atoms with van der Waals surface area (Å²) in [6.07, 6.45) is 0. The SMILES string of the molecule is Cc1c(O)ccc(O)c1O.[O]=[Ti]. The molecule has 1 rings (SSSR count). The summed E-state index contributed by atoms with van der Waals surface area (Å²) in [5, 5.41) is 26.8. The number of hydrogen-bond donors (Lipinski definition) is 3. The molecule has 0 amide bonds. The summed E-state index contributed by atoms with van der Waals surface area (Å²) in [6, 6.07) is 2.56. The second kappa shape index (κ2) is 4.90. The van der Waals surface area contributed by atoms with Crippen LogP contribution in [0.2, 0.25) is 0 Å². The van der Waals surface area contributed by atoms with E-state index in [1.165, 1.54) is 19.1 Å². The summed E-state index contributed by atoms with van der Waals surface area (Å²) in [7, 11) is 0. The number of hydrogen-bond acceptors (Lipinski definition) is 4. The van der Waals surface area contributed by atoms with Crippen LogP contribution in [0.4, 0.5) is 0 Å². The number of aromatic hydroxyl groups is 3. The molecule has 0 unspecified atom stereocenters. The zero-order chi connectivity index (χ0) is 9.72. The van der Waals surface area contributed by atoms with Gasteiger partial charge in [0.2, 0.25) is 0 Å². The summed E-state index contributed by atoms with van der Waals surface area (Å²) in [5.74, 6) is -0.495. The van der Waals surface area contributed by atoms with E-state index < -0.39 is 0 Å². The van der Waals surface area contributed by atoms with Crippen LogP contribution in [0, 0.1) is 6.92 Å². The molecule has 0 saturated carbocycles. The Kier molecular flexibility index (Phi) is 4.55. The fraction of sp³-hybridized carbons (Fsp3) is 0.143. The maximum atomic E-state index is 8.98. The molecule has 0 aliphatic carbocycles. The van der Waals surface area contributed by atoms with Crippen molar-refractivity contribution in [2.45, 2.75) is 6.92 Å². The van der Waals surface area contributed by atoms with Crippen LogP contribution in [0.25, 0.3) is 0 Å². The van der Waals surface area contributed by atoms with E-state index in [1.54, 1.807) is 0 Å². The second-order valence-corrected chi connectivity index (χ2v) is 2.08. The van der Waals surface area contributed by atoms with Gasteiger partial charge in [-0.05, 0) is 19.1 Å². The van der Waals surface area contributed by atoms with Crippen molar-refractivity contribution in [3.05, 3.63) is 17.7 Å². The zero-order valence-corrected chi connectivity index (χ0v) is 7.97. The maximum absolute atomic E-state index is 8.98. The average Bonchev–Trinajstić information content (AvgIpc) is 2.12. The van der Waals surface area contributed by atoms with Crippen molar-refractivity contribution < 1.29 is 39.0 Å². The second-order valence-electron chi connectivity index (χ2n) is 2.08. The third-order valence-corrected chi connectivity index (χ3v) is 1.38. The molecule has 0 radical (unpaired) electrons. The fourth-order valence-corrected chi connectivity index (χ4v) is 0.675. The third kappa shape index (κ3) is 2.32. The first-order chi connectivity index (χ1) is 5.63. The Bertz CT molecular complexity index is 247. The molecular formula is C7H8O4Ti. The standard InChI is InChI=1S/C7H8O3.O.Ti/c1-4-5(8)2-3-6(9)7(4)10;;/h2-3,8-10H,1H3;;. The molecule has 64 valence electrons. The first-order valence-corrected chi connectivity index (χ1v) is 3.67. The molecule has 0 bridgehead atoms. The van der Waals surface area contributed by atoms with Crippen molar-refractivity contribution >= 4 is 0 Å². The van der Waals surface area contributed by atoms with Gasteiger partial charge >= 0.3 is 23.7 Å². The Balaban J connectivity index is 0.000000561. The molecule has 1 aromatic rings. The van der Waals surface area contributed by atoms with Crippen LogP contribution in [0.15, 0.2) is 12.1 Å². The van der Waals surface area contributed by atoms with Gasteiger partial charge in [-0.3, -0.25) is 0 Å². The van der Waals surface area contributed by atoms with Crippen LogP contribution >= 0.6 is 0 Å². The molecule has 5 heteroatoms. The monoisotopic (exact) mass is 204 g/mol. The molecule has 0 saturated heterocycles. The number of rotatable bonds is 0. The predicted octanol–water partition coefficient (Wildman–Crippen LogP) is 0.991. The molecule has 1 aromatic carbocycles. The minimum atomic E-state index is -0.264. The topological polar surface area (TPSA) is 77.8 Å². The van der Waals surface area contributed by atoms with E-state index in [4.69, 9.17) is 18.6 Å². The van der Waals surface area contributed by atoms with E-state index in [0.717, 1.165) is 20.4 Å². The Hall–Kier alpha value is -0.866. The molecule has 0 spiro atoms. The van der Waals surface area contributed by atoms with Gasteiger partial charge in [0.05, 0.1) is 0 Å². The van der Waals surface area contributed by atoms with Gasteiger partial charge in [0.25, 0.3) is 0 Å². The van der Waals surface area contributed by atoms with E-state index in [2.05, 4.69) is 0 Å². The summed E-state index contributed by atoms with van der Waals surface area (Å²) in [6.45, 7) is 1.52. The number of phenols is 3. The molecule has 0 heterocycles. The summed E-state index contributed by atoms with van der Waals surface area (Å²) < 4.78 is 8.25. The number of benzene rings is 1. The summed E-state index contributed by atoms with van der Waals surface area (Å²) >= 11 is 0.750. The van der Waals surface area contributed by atoms with Gasteiger partial charge in [-0.1, -0.05) is 0 Å². The van der Waals surface area contributed by atoms with Crippen molar-refractivity contribution in [1.82, 2.24) is 0 Å². The molecule has 0 aromatic heterocycles. The first-order valence-electron chi connectivity index (χ1n) is 3.04. The molecular weight excluding hydrogens is 196 g/mol. The van der Waals surface area contributed by atoms with Gasteiger partial charge in [0.15, 0.2) is 11.5 Å². The van der Waals surface area contributed by atoms with Crippen molar-refractivity contribution in [3.63, 3.8) is 0 Å². The van der Waals surface area contributed by atoms with Crippen LogP contribution in [0.1, 0.15) is 5.56 Å². The van der Waals surface area contributed by atoms with Gasteiger partial charge in [-0.25, -0.2) is 0 Å². The van der Waals surface area contributed by atoms with E-state index in [9.17, 15) is 0 Å². The van der Waals surface area contributed by atoms with Gasteiger partial charge in [0, 0.05) is 5.56 Å². The molecule has 0 aliphatic heterocycles. The van der Waals surface area contributed by atoms with E-state index in [1.807, 2.05) is 0 Å². The van der Waals surface area contributed by atoms with Crippen molar-refractivity contribution in [3.8, 4) is 17.2 Å². The van der Waals surface area contributed by atoms with Crippen LogP contribution in [-0.4, -0.2) is 15.3 Å². The average molecular weight is 204 g/mol. The quantitative estimate of drug-likeness (QED) is 0.334. The van der Waals surface area contributed by atoms with Crippen molar-refractivity contribution in [1.29, 1.82) is 0 Å². The van der Waals surface area contributed by atoms with Crippen molar-refractivity contribution in [2.24, 2.45) is 0 Å². The molecule has 4 nitrogen and oxygen atoms in total. The van der Waals surface area contributed by atoms with E-state index >= 15 is 0 Å². The minimum absolute atomic E-state index is 0.0182. The van der Waals surface area contributed by atoms with Crippen molar-refractivity contribution in [2.75, 3.05) is 0 Å². The Morgan fingerprint density at radius 1 is 1.08 bits per heavy atom. The Morgan fingerprint density at radius 2 is 1.50 bits per heavy atom. The molecule has 3 N–H and O–H groups in total. The molecule has 0 atom stereocenters. The molecule has 0 fully saturated rings. The predicted molar refractivity (Wildman–Crippen MR) is 36.9 cm³/mol. The third-order valence-electron chi connectivity index (χ3n) is 1.38. The van der Waals surface area contributed by atoms with Crippen LogP contribution in [-0.2, 0) is 23.7 Å². The number of phenolic OH excluding ortho intramolecular Hbond substituents is 3. The first kappa shape index (κ1) is 11.1. The van der Waals surface area contributed by atoms with Crippen LogP contribution in [0.5, 0.6) is 17.2 Å². The van der Waals surface area contributed by atoms with E-state index in [-0.39, 0.29) is 17.2 Å². The van der Waals surface area contributed by atoms with Gasteiger partial charge in [-0.15, -0.1) is 0 Å². The molecule has 0 aliphatic rings. The Labute approximate surface area is 81.2 Å². The molecule has 12 heavy (non-hydrogen) atoms. The normalized spacial score (nSPS) is 8.33. The van der Waals surface area contributed by atoms with Gasteiger partial charge in [-0.2, -0.15) is 0 Å². The summed E-state index contributed by atoms with van der Waals surface area (Å²) in [4.78, 5) is 0. The van der Waals surface area contributed by atoms with Crippen LogP contribution in [0.3, 0.4) is 0 Å². The van der Waals surface area contributed by atoms with Crippen LogP contribution < -0.4 is 0 Å².